The highest BCUT2D eigenvalue weighted by atomic mass is 32.1. The van der Waals surface area contributed by atoms with E-state index >= 15 is 0 Å². The molecule has 204 valence electrons. The monoisotopic (exact) mass is 550 g/mol. The van der Waals surface area contributed by atoms with Gasteiger partial charge in [0, 0.05) is 10.3 Å². The van der Waals surface area contributed by atoms with Crippen molar-refractivity contribution < 1.29 is 19.1 Å². The van der Waals surface area contributed by atoms with Gasteiger partial charge in [-0.15, -0.1) is 11.3 Å². The van der Waals surface area contributed by atoms with Gasteiger partial charge in [0.2, 0.25) is 0 Å². The van der Waals surface area contributed by atoms with Crippen LogP contribution in [-0.4, -0.2) is 18.5 Å². The molecule has 4 aromatic rings. The Morgan fingerprint density at radius 1 is 0.850 bits per heavy atom. The van der Waals surface area contributed by atoms with Gasteiger partial charge in [0.25, 0.3) is 0 Å². The molecule has 1 aromatic heterocycles. The van der Waals surface area contributed by atoms with E-state index in [1.54, 1.807) is 11.3 Å². The Morgan fingerprint density at radius 2 is 1.57 bits per heavy atom. The lowest BCUT2D eigenvalue weighted by molar-refractivity contribution is -0.00608. The second-order valence-electron chi connectivity index (χ2n) is 12.1. The highest BCUT2D eigenvalue weighted by Gasteiger charge is 2.52. The lowest BCUT2D eigenvalue weighted by atomic mass is 9.47. The molecule has 40 heavy (non-hydrogen) atoms. The first-order valence-electron chi connectivity index (χ1n) is 14.6. The molecule has 0 atom stereocenters. The zero-order valence-corrected chi connectivity index (χ0v) is 23.7. The summed E-state index contributed by atoms with van der Waals surface area (Å²) < 4.78 is 11.2. The second-order valence-corrected chi connectivity index (χ2v) is 13.0. The van der Waals surface area contributed by atoms with E-state index in [0.717, 1.165) is 50.1 Å². The summed E-state index contributed by atoms with van der Waals surface area (Å²) in [4.78, 5) is 27.2. The Hall–Kier alpha value is -3.44. The van der Waals surface area contributed by atoms with Gasteiger partial charge in [-0.2, -0.15) is 0 Å². The largest absolute Gasteiger partial charge is 0.462 e. The number of carbonyl (C=O) groups is 2. The minimum atomic E-state index is -0.289. The fraction of sp³-hybridized carbons (Fsp3) is 0.371. The molecule has 0 unspecified atom stereocenters. The van der Waals surface area contributed by atoms with Gasteiger partial charge in [0.05, 0.1) is 17.7 Å². The van der Waals surface area contributed by atoms with E-state index in [2.05, 4.69) is 24.3 Å². The normalized spacial score (nSPS) is 24.8. The van der Waals surface area contributed by atoms with Crippen LogP contribution in [0.3, 0.4) is 0 Å². The maximum absolute atomic E-state index is 13.8. The van der Waals surface area contributed by atoms with E-state index in [1.165, 1.54) is 44.1 Å². The third kappa shape index (κ3) is 4.54. The predicted molar refractivity (Wildman–Crippen MR) is 159 cm³/mol. The van der Waals surface area contributed by atoms with E-state index in [9.17, 15) is 9.59 Å². The molecule has 5 heteroatoms. The van der Waals surface area contributed by atoms with E-state index in [4.69, 9.17) is 9.47 Å². The smallest absolute Gasteiger partial charge is 0.338 e. The molecular formula is C35H34O4S. The van der Waals surface area contributed by atoms with Crippen LogP contribution in [-0.2, 0) is 21.5 Å². The van der Waals surface area contributed by atoms with Gasteiger partial charge in [0.15, 0.2) is 0 Å². The molecule has 0 N–H and O–H groups in total. The average Bonchev–Trinajstić information content (AvgIpc) is 3.45. The van der Waals surface area contributed by atoms with Crippen molar-refractivity contribution in [3.8, 4) is 10.4 Å². The van der Waals surface area contributed by atoms with Crippen molar-refractivity contribution in [3.63, 3.8) is 0 Å². The molecule has 0 spiro atoms. The first-order chi connectivity index (χ1) is 19.5. The summed E-state index contributed by atoms with van der Waals surface area (Å²) in [5.74, 6) is 1.75. The number of carbonyl (C=O) groups excluding carboxylic acids is 2. The molecular weight excluding hydrogens is 516 g/mol. The van der Waals surface area contributed by atoms with Gasteiger partial charge in [0.1, 0.15) is 6.61 Å². The zero-order valence-electron chi connectivity index (χ0n) is 22.9. The van der Waals surface area contributed by atoms with Crippen LogP contribution in [0.15, 0.2) is 72.1 Å². The summed E-state index contributed by atoms with van der Waals surface area (Å²) in [6.07, 6.45) is 7.53. The van der Waals surface area contributed by atoms with Gasteiger partial charge >= 0.3 is 11.9 Å². The molecule has 4 aliphatic rings. The Kier molecular flexibility index (Phi) is 6.50. The van der Waals surface area contributed by atoms with Crippen LogP contribution >= 0.6 is 11.3 Å². The quantitative estimate of drug-likeness (QED) is 0.216. The molecule has 4 bridgehead atoms. The molecule has 3 aromatic carbocycles. The third-order valence-corrected chi connectivity index (χ3v) is 10.4. The summed E-state index contributed by atoms with van der Waals surface area (Å²) in [5, 5.41) is 4.02. The van der Waals surface area contributed by atoms with Gasteiger partial charge in [-0.25, -0.2) is 9.59 Å². The van der Waals surface area contributed by atoms with E-state index < -0.39 is 0 Å². The molecule has 0 saturated heterocycles. The van der Waals surface area contributed by atoms with Crippen molar-refractivity contribution in [3.05, 3.63) is 94.4 Å². The maximum Gasteiger partial charge on any atom is 0.338 e. The van der Waals surface area contributed by atoms with Crippen LogP contribution in [0.5, 0.6) is 0 Å². The summed E-state index contributed by atoms with van der Waals surface area (Å²) in [6.45, 7) is 2.45. The number of thiophene rings is 1. The van der Waals surface area contributed by atoms with Crippen molar-refractivity contribution in [2.75, 3.05) is 6.61 Å². The molecule has 0 aliphatic heterocycles. The van der Waals surface area contributed by atoms with Crippen LogP contribution in [0.1, 0.15) is 77.3 Å². The third-order valence-electron chi connectivity index (χ3n) is 9.44. The molecule has 4 nitrogen and oxygen atoms in total. The first-order valence-corrected chi connectivity index (χ1v) is 15.4. The highest BCUT2D eigenvalue weighted by molar-refractivity contribution is 7.14. The number of hydrogen-bond donors (Lipinski definition) is 0. The fourth-order valence-electron chi connectivity index (χ4n) is 8.19. The molecule has 0 radical (unpaired) electrons. The Bertz CT molecular complexity index is 1550. The summed E-state index contributed by atoms with van der Waals surface area (Å²) >= 11 is 1.56. The Labute approximate surface area is 239 Å². The zero-order chi connectivity index (χ0) is 27.3. The summed E-state index contributed by atoms with van der Waals surface area (Å²) in [7, 11) is 0. The van der Waals surface area contributed by atoms with E-state index in [-0.39, 0.29) is 24.0 Å². The van der Waals surface area contributed by atoms with Crippen LogP contribution in [0.25, 0.3) is 21.2 Å². The van der Waals surface area contributed by atoms with Crippen LogP contribution in [0.2, 0.25) is 0 Å². The standard InChI is InChI=1S/C35H34O4S/c1-2-38-33(36)27-15-32(40-21-27)28-10-6-9-26-14-30(34(37)39-20-22-7-4-3-5-8-22)31(16-29(26)28)35-17-23-11-24(18-35)13-25(12-23)19-35/h3-10,14-16,21,23-25H,2,11-13,17-20H2,1H3. The van der Waals surface area contributed by atoms with Gasteiger partial charge in [-0.1, -0.05) is 48.5 Å². The maximum atomic E-state index is 13.8. The van der Waals surface area contributed by atoms with Crippen LogP contribution < -0.4 is 0 Å². The lowest BCUT2D eigenvalue weighted by Gasteiger charge is -2.57. The highest BCUT2D eigenvalue weighted by Crippen LogP contribution is 2.61. The summed E-state index contributed by atoms with van der Waals surface area (Å²) in [5.41, 5.74) is 4.59. The predicted octanol–water partition coefficient (Wildman–Crippen LogP) is 8.57. The van der Waals surface area contributed by atoms with Crippen molar-refractivity contribution >= 4 is 34.0 Å². The summed E-state index contributed by atoms with van der Waals surface area (Å²) in [6, 6.07) is 22.4. The molecule has 0 amide bonds. The number of esters is 2. The topological polar surface area (TPSA) is 52.6 Å². The van der Waals surface area contributed by atoms with Crippen LogP contribution in [0, 0.1) is 17.8 Å². The molecule has 4 aliphatic carbocycles. The molecule has 1 heterocycles. The Balaban J connectivity index is 1.33. The first kappa shape index (κ1) is 25.5. The van der Waals surface area contributed by atoms with Gasteiger partial charge in [-0.05, 0) is 114 Å². The second kappa shape index (κ2) is 10.2. The fourth-order valence-corrected chi connectivity index (χ4v) is 9.11. The van der Waals surface area contributed by atoms with E-state index in [1.807, 2.05) is 54.8 Å². The van der Waals surface area contributed by atoms with E-state index in [0.29, 0.717) is 12.2 Å². The average molecular weight is 551 g/mol. The number of rotatable bonds is 7. The van der Waals surface area contributed by atoms with Crippen molar-refractivity contribution in [1.82, 2.24) is 0 Å². The van der Waals surface area contributed by atoms with Crippen molar-refractivity contribution in [2.24, 2.45) is 17.8 Å². The SMILES string of the molecule is CCOC(=O)c1csc(-c2cccc3cc(C(=O)OCc4ccccc4)c(C45CC6CC(CC(C6)C4)C5)cc23)c1. The molecule has 4 saturated carbocycles. The minimum Gasteiger partial charge on any atom is -0.462 e. The molecule has 4 fully saturated rings. The number of benzene rings is 3. The van der Waals surface area contributed by atoms with Crippen molar-refractivity contribution in [1.29, 1.82) is 0 Å². The molecule has 8 rings (SSSR count). The van der Waals surface area contributed by atoms with Gasteiger partial charge < -0.3 is 9.47 Å². The van der Waals surface area contributed by atoms with Crippen molar-refractivity contribution in [2.45, 2.75) is 57.5 Å². The number of fused-ring (bicyclic) bond motifs is 1. The number of hydrogen-bond acceptors (Lipinski definition) is 5. The Morgan fingerprint density at radius 3 is 2.27 bits per heavy atom. The number of ether oxygens (including phenoxy) is 2. The lowest BCUT2D eigenvalue weighted by Crippen LogP contribution is -2.49. The van der Waals surface area contributed by atoms with Gasteiger partial charge in [-0.3, -0.25) is 0 Å². The van der Waals surface area contributed by atoms with Crippen LogP contribution in [0.4, 0.5) is 0 Å². The minimum absolute atomic E-state index is 0.0304.